The fourth-order valence-corrected chi connectivity index (χ4v) is 1.84. The Labute approximate surface area is 118 Å². The smallest absolute Gasteiger partial charge is 0.404 e. The van der Waals surface area contributed by atoms with Gasteiger partial charge in [0, 0.05) is 12.6 Å². The predicted octanol–water partition coefficient (Wildman–Crippen LogP) is 0.197. The van der Waals surface area contributed by atoms with E-state index in [1.165, 1.54) is 0 Å². The van der Waals surface area contributed by atoms with E-state index >= 15 is 0 Å². The minimum atomic E-state index is -1.17. The second kappa shape index (κ2) is 8.52. The molecule has 0 unspecified atom stereocenters. The first-order valence-corrected chi connectivity index (χ1v) is 6.58. The molecule has 0 aromatic heterocycles. The lowest BCUT2D eigenvalue weighted by molar-refractivity contribution is 0.112. The van der Waals surface area contributed by atoms with Crippen LogP contribution < -0.4 is 10.6 Å². The number of amides is 1. The number of rotatable bonds is 8. The van der Waals surface area contributed by atoms with Crippen molar-refractivity contribution in [2.24, 2.45) is 0 Å². The topological polar surface area (TPSA) is 102 Å². The minimum absolute atomic E-state index is 0.0393. The second-order valence-corrected chi connectivity index (χ2v) is 4.80. The lowest BCUT2D eigenvalue weighted by Crippen LogP contribution is -2.49. The van der Waals surface area contributed by atoms with Crippen molar-refractivity contribution in [1.82, 2.24) is 10.6 Å². The van der Waals surface area contributed by atoms with Gasteiger partial charge in [-0.1, -0.05) is 30.3 Å². The van der Waals surface area contributed by atoms with Gasteiger partial charge in [-0.25, -0.2) is 4.79 Å². The van der Waals surface area contributed by atoms with Gasteiger partial charge < -0.3 is 26.0 Å². The van der Waals surface area contributed by atoms with Crippen LogP contribution in [0, 0.1) is 0 Å². The van der Waals surface area contributed by atoms with Crippen LogP contribution in [0.5, 0.6) is 0 Å². The molecule has 6 nitrogen and oxygen atoms in total. The number of hydrogen-bond acceptors (Lipinski definition) is 4. The van der Waals surface area contributed by atoms with E-state index in [1.807, 2.05) is 30.3 Å². The van der Waals surface area contributed by atoms with E-state index in [4.69, 9.17) is 10.2 Å². The zero-order valence-corrected chi connectivity index (χ0v) is 11.5. The molecule has 5 N–H and O–H groups in total. The van der Waals surface area contributed by atoms with Crippen molar-refractivity contribution in [2.45, 2.75) is 31.5 Å². The molecule has 1 aromatic carbocycles. The summed E-state index contributed by atoms with van der Waals surface area (Å²) in [5.74, 6) is 0. The molecule has 0 fully saturated rings. The predicted molar refractivity (Wildman–Crippen MR) is 75.7 cm³/mol. The Balaban J connectivity index is 2.61. The van der Waals surface area contributed by atoms with Crippen molar-refractivity contribution in [2.75, 3.05) is 13.2 Å². The summed E-state index contributed by atoms with van der Waals surface area (Å²) in [6.07, 6.45) is -1.63. The maximum Gasteiger partial charge on any atom is 0.404 e. The van der Waals surface area contributed by atoms with Gasteiger partial charge >= 0.3 is 6.09 Å². The summed E-state index contributed by atoms with van der Waals surface area (Å²) in [7, 11) is 0. The maximum absolute atomic E-state index is 10.8. The van der Waals surface area contributed by atoms with Crippen LogP contribution >= 0.6 is 0 Å². The molecule has 0 spiro atoms. The third kappa shape index (κ3) is 6.01. The van der Waals surface area contributed by atoms with E-state index < -0.39 is 18.2 Å². The van der Waals surface area contributed by atoms with Crippen molar-refractivity contribution in [3.8, 4) is 0 Å². The first-order valence-electron chi connectivity index (χ1n) is 6.58. The van der Waals surface area contributed by atoms with Crippen LogP contribution in [0.1, 0.15) is 12.5 Å². The summed E-state index contributed by atoms with van der Waals surface area (Å²) >= 11 is 0. The zero-order chi connectivity index (χ0) is 15.0. The van der Waals surface area contributed by atoms with E-state index in [0.29, 0.717) is 6.42 Å². The highest BCUT2D eigenvalue weighted by atomic mass is 16.4. The Morgan fingerprint density at radius 1 is 1.30 bits per heavy atom. The molecule has 0 saturated heterocycles. The van der Waals surface area contributed by atoms with Gasteiger partial charge in [-0.05, 0) is 18.9 Å². The number of benzene rings is 1. The highest BCUT2D eigenvalue weighted by Gasteiger charge is 2.21. The highest BCUT2D eigenvalue weighted by molar-refractivity contribution is 5.65. The fraction of sp³-hybridized carbons (Fsp3) is 0.500. The van der Waals surface area contributed by atoms with Gasteiger partial charge in [0.15, 0.2) is 0 Å². The maximum atomic E-state index is 10.8. The molecule has 0 heterocycles. The summed E-state index contributed by atoms with van der Waals surface area (Å²) in [4.78, 5) is 10.8. The second-order valence-electron chi connectivity index (χ2n) is 4.80. The molecule has 0 bridgehead atoms. The first kappa shape index (κ1) is 16.4. The summed E-state index contributed by atoms with van der Waals surface area (Å²) in [5, 5.41) is 33.1. The Morgan fingerprint density at radius 2 is 1.95 bits per heavy atom. The molecule has 0 saturated carbocycles. The molecule has 1 aromatic rings. The Bertz CT molecular complexity index is 399. The van der Waals surface area contributed by atoms with Crippen LogP contribution in [-0.2, 0) is 6.42 Å². The number of carbonyl (C=O) groups is 1. The third-order valence-electron chi connectivity index (χ3n) is 3.02. The molecule has 0 aliphatic rings. The number of aliphatic hydroxyl groups excluding tert-OH is 2. The van der Waals surface area contributed by atoms with Gasteiger partial charge in [0.05, 0.1) is 18.8 Å². The van der Waals surface area contributed by atoms with Crippen LogP contribution in [0.15, 0.2) is 30.3 Å². The normalized spacial score (nSPS) is 15.3. The Hall–Kier alpha value is -1.63. The third-order valence-corrected chi connectivity index (χ3v) is 3.02. The first-order chi connectivity index (χ1) is 9.52. The molecular weight excluding hydrogens is 260 g/mol. The number of nitrogens with one attached hydrogen (secondary N) is 2. The van der Waals surface area contributed by atoms with Gasteiger partial charge in [0.1, 0.15) is 0 Å². The van der Waals surface area contributed by atoms with E-state index in [2.05, 4.69) is 10.6 Å². The molecule has 112 valence electrons. The molecule has 0 radical (unpaired) electrons. The van der Waals surface area contributed by atoms with Crippen LogP contribution in [0.3, 0.4) is 0 Å². The molecular formula is C14H22N2O4. The van der Waals surface area contributed by atoms with Crippen LogP contribution in [-0.4, -0.2) is 52.8 Å². The van der Waals surface area contributed by atoms with Crippen molar-refractivity contribution < 1.29 is 20.1 Å². The van der Waals surface area contributed by atoms with E-state index in [-0.39, 0.29) is 19.2 Å². The molecule has 6 heteroatoms. The Morgan fingerprint density at radius 3 is 2.50 bits per heavy atom. The fourth-order valence-electron chi connectivity index (χ4n) is 1.84. The largest absolute Gasteiger partial charge is 0.465 e. The minimum Gasteiger partial charge on any atom is -0.465 e. The average molecular weight is 282 g/mol. The SMILES string of the molecule is C[C@H](CO)NC[C@@H](O)[C@H](Cc1ccccc1)NC(=O)O. The molecule has 3 atom stereocenters. The summed E-state index contributed by atoms with van der Waals surface area (Å²) in [6.45, 7) is 1.95. The van der Waals surface area contributed by atoms with Gasteiger partial charge in [0.25, 0.3) is 0 Å². The quantitative estimate of drug-likeness (QED) is 0.469. The summed E-state index contributed by atoms with van der Waals surface area (Å²) < 4.78 is 0. The van der Waals surface area contributed by atoms with Gasteiger partial charge in [0.2, 0.25) is 0 Å². The van der Waals surface area contributed by atoms with E-state index in [0.717, 1.165) is 5.56 Å². The van der Waals surface area contributed by atoms with Gasteiger partial charge in [-0.3, -0.25) is 0 Å². The number of hydrogen-bond donors (Lipinski definition) is 5. The highest BCUT2D eigenvalue weighted by Crippen LogP contribution is 2.06. The summed E-state index contributed by atoms with van der Waals surface area (Å²) in [6, 6.07) is 8.63. The van der Waals surface area contributed by atoms with Crippen molar-refractivity contribution in [3.63, 3.8) is 0 Å². The van der Waals surface area contributed by atoms with E-state index in [9.17, 15) is 9.90 Å². The van der Waals surface area contributed by atoms with Crippen LogP contribution in [0.2, 0.25) is 0 Å². The molecule has 1 rings (SSSR count). The monoisotopic (exact) mass is 282 g/mol. The summed E-state index contributed by atoms with van der Waals surface area (Å²) in [5.41, 5.74) is 0.945. The van der Waals surface area contributed by atoms with Crippen molar-refractivity contribution in [3.05, 3.63) is 35.9 Å². The molecule has 0 aliphatic heterocycles. The lowest BCUT2D eigenvalue weighted by atomic mass is 10.0. The van der Waals surface area contributed by atoms with Crippen molar-refractivity contribution in [1.29, 1.82) is 0 Å². The molecule has 0 aliphatic carbocycles. The zero-order valence-electron chi connectivity index (χ0n) is 11.5. The molecule has 20 heavy (non-hydrogen) atoms. The number of carboxylic acid groups (broad SMARTS) is 1. The molecule has 1 amide bonds. The average Bonchev–Trinajstić information content (AvgIpc) is 2.44. The van der Waals surface area contributed by atoms with Crippen LogP contribution in [0.4, 0.5) is 4.79 Å². The van der Waals surface area contributed by atoms with Gasteiger partial charge in [-0.2, -0.15) is 0 Å². The lowest BCUT2D eigenvalue weighted by Gasteiger charge is -2.24. The standard InChI is InChI=1S/C14H22N2O4/c1-10(9-17)15-8-13(18)12(16-14(19)20)7-11-5-3-2-4-6-11/h2-6,10,12-13,15-18H,7-9H2,1H3,(H,19,20)/t10-,12+,13-/m1/s1. The Kier molecular flexibility index (Phi) is 7.00. The number of aliphatic hydroxyl groups is 2. The van der Waals surface area contributed by atoms with E-state index in [1.54, 1.807) is 6.92 Å². The van der Waals surface area contributed by atoms with Crippen molar-refractivity contribution >= 4 is 6.09 Å². The van der Waals surface area contributed by atoms with Gasteiger partial charge in [-0.15, -0.1) is 0 Å². The van der Waals surface area contributed by atoms with Crippen LogP contribution in [0.25, 0.3) is 0 Å².